The Hall–Kier alpha value is -3.93. The zero-order chi connectivity index (χ0) is 31.1. The highest BCUT2D eigenvalue weighted by Gasteiger charge is 2.19. The van der Waals surface area contributed by atoms with Crippen LogP contribution in [0.25, 0.3) is 0 Å². The fourth-order valence-electron chi connectivity index (χ4n) is 5.12. The number of carbonyl (C=O) groups excluding carboxylic acids is 2. The number of H-pyrrole nitrogens is 1. The first kappa shape index (κ1) is 35.3. The third-order valence-electron chi connectivity index (χ3n) is 7.48. The van der Waals surface area contributed by atoms with E-state index in [9.17, 15) is 24.6 Å². The van der Waals surface area contributed by atoms with Crippen molar-refractivity contribution in [2.45, 2.75) is 72.4 Å². The number of hydrogen-bond acceptors (Lipinski definition) is 8. The van der Waals surface area contributed by atoms with Gasteiger partial charge in [-0.3, -0.25) is 19.4 Å². The first-order valence-corrected chi connectivity index (χ1v) is 14.0. The molecule has 0 saturated carbocycles. The lowest BCUT2D eigenvalue weighted by atomic mass is 9.96. The molecule has 9 N–H and O–H groups in total. The normalized spacial score (nSPS) is 12.3. The second-order valence-corrected chi connectivity index (χ2v) is 10.9. The van der Waals surface area contributed by atoms with Gasteiger partial charge < -0.3 is 37.3 Å². The van der Waals surface area contributed by atoms with Gasteiger partial charge in [-0.1, -0.05) is 0 Å². The molecule has 0 aliphatic carbocycles. The summed E-state index contributed by atoms with van der Waals surface area (Å²) in [4.78, 5) is 45.0. The molecule has 12 heteroatoms. The van der Waals surface area contributed by atoms with Crippen molar-refractivity contribution in [1.29, 1.82) is 0 Å². The van der Waals surface area contributed by atoms with E-state index in [0.29, 0.717) is 36.3 Å². The summed E-state index contributed by atoms with van der Waals surface area (Å²) in [5, 5.41) is 25.0. The number of aromatic nitrogens is 2. The second kappa shape index (κ2) is 15.5. The van der Waals surface area contributed by atoms with Crippen molar-refractivity contribution < 1.29 is 19.8 Å². The van der Waals surface area contributed by atoms with Crippen molar-refractivity contribution in [2.75, 3.05) is 13.1 Å². The zero-order valence-electron chi connectivity index (χ0n) is 25.3. The monoisotopic (exact) mass is 614 g/mol. The number of nitrogens with two attached hydrogens (primary N) is 2. The summed E-state index contributed by atoms with van der Waals surface area (Å²) < 4.78 is 0. The van der Waals surface area contributed by atoms with Gasteiger partial charge in [0.25, 0.3) is 5.56 Å². The molecule has 2 amide bonds. The Labute approximate surface area is 257 Å². The van der Waals surface area contributed by atoms with Gasteiger partial charge in [-0.15, -0.1) is 12.4 Å². The number of rotatable bonds is 12. The van der Waals surface area contributed by atoms with Crippen LogP contribution in [0.1, 0.15) is 50.5 Å². The van der Waals surface area contributed by atoms with Crippen molar-refractivity contribution >= 4 is 24.2 Å². The van der Waals surface area contributed by atoms with Crippen LogP contribution in [0.4, 0.5) is 0 Å². The van der Waals surface area contributed by atoms with E-state index < -0.39 is 12.1 Å². The lowest BCUT2D eigenvalue weighted by Crippen LogP contribution is -2.43. The molecule has 2 atom stereocenters. The highest BCUT2D eigenvalue weighted by atomic mass is 35.5. The predicted molar refractivity (Wildman–Crippen MR) is 169 cm³/mol. The van der Waals surface area contributed by atoms with Gasteiger partial charge >= 0.3 is 0 Å². The number of aromatic hydroxyl groups is 2. The minimum Gasteiger partial charge on any atom is -0.508 e. The molecule has 0 bridgehead atoms. The molecule has 3 aromatic rings. The van der Waals surface area contributed by atoms with Crippen LogP contribution in [-0.4, -0.2) is 57.2 Å². The van der Waals surface area contributed by atoms with Crippen LogP contribution in [0.15, 0.2) is 29.1 Å². The Morgan fingerprint density at radius 3 is 1.60 bits per heavy atom. The van der Waals surface area contributed by atoms with E-state index in [0.717, 1.165) is 33.4 Å². The highest BCUT2D eigenvalue weighted by molar-refractivity contribution is 5.85. The number of hydrogen-bond donors (Lipinski definition) is 7. The second-order valence-electron chi connectivity index (χ2n) is 10.9. The molecule has 43 heavy (non-hydrogen) atoms. The maximum Gasteiger partial charge on any atom is 0.269 e. The fraction of sp³-hybridized carbons (Fsp3) is 0.419. The smallest absolute Gasteiger partial charge is 0.269 e. The van der Waals surface area contributed by atoms with Crippen LogP contribution in [0, 0.1) is 34.6 Å². The number of nitrogens with zero attached hydrogens (tertiary/aromatic N) is 1. The number of nitrogens with one attached hydrogen (secondary N) is 3. The molecule has 3 rings (SSSR count). The van der Waals surface area contributed by atoms with Crippen LogP contribution in [0.3, 0.4) is 0 Å². The van der Waals surface area contributed by atoms with Gasteiger partial charge in [0.2, 0.25) is 11.8 Å². The fourth-order valence-corrected chi connectivity index (χ4v) is 5.12. The molecule has 0 spiro atoms. The molecular weight excluding hydrogens is 572 g/mol. The summed E-state index contributed by atoms with van der Waals surface area (Å²) in [6, 6.07) is 5.03. The Kier molecular flexibility index (Phi) is 12.7. The summed E-state index contributed by atoms with van der Waals surface area (Å²) >= 11 is 0. The Morgan fingerprint density at radius 2 is 1.19 bits per heavy atom. The number of phenols is 2. The summed E-state index contributed by atoms with van der Waals surface area (Å²) in [5.41, 5.74) is 18.7. The molecule has 11 nitrogen and oxygen atoms in total. The van der Waals surface area contributed by atoms with Gasteiger partial charge in [0.1, 0.15) is 17.2 Å². The number of amides is 2. The Bertz CT molecular complexity index is 1480. The zero-order valence-corrected chi connectivity index (χ0v) is 26.2. The van der Waals surface area contributed by atoms with Gasteiger partial charge in [0, 0.05) is 31.6 Å². The van der Waals surface area contributed by atoms with E-state index in [1.807, 2.05) is 27.7 Å². The van der Waals surface area contributed by atoms with Crippen LogP contribution in [-0.2, 0) is 35.3 Å². The SMILES string of the molecule is Cc1cc(O)cc(C)c1CC(N)C(=O)NCCc1[nH]c(=O)c(CCNC(=O)C(N)Cc2c(C)cc(O)cc2C)nc1C.Cl. The first-order valence-electron chi connectivity index (χ1n) is 14.0. The van der Waals surface area contributed by atoms with Crippen LogP contribution in [0.5, 0.6) is 11.5 Å². The molecule has 2 unspecified atom stereocenters. The lowest BCUT2D eigenvalue weighted by Gasteiger charge is -2.16. The van der Waals surface area contributed by atoms with Gasteiger partial charge in [0.05, 0.1) is 17.8 Å². The van der Waals surface area contributed by atoms with Crippen LogP contribution >= 0.6 is 12.4 Å². The number of aromatic amines is 1. The van der Waals surface area contributed by atoms with Crippen molar-refractivity contribution in [1.82, 2.24) is 20.6 Å². The van der Waals surface area contributed by atoms with Crippen LogP contribution < -0.4 is 27.7 Å². The average molecular weight is 615 g/mol. The Balaban J connectivity index is 0.00000645. The summed E-state index contributed by atoms with van der Waals surface area (Å²) in [6.07, 6.45) is 1.26. The van der Waals surface area contributed by atoms with Gasteiger partial charge in [-0.2, -0.15) is 0 Å². The summed E-state index contributed by atoms with van der Waals surface area (Å²) in [5.74, 6) is -0.295. The molecule has 234 valence electrons. The van der Waals surface area contributed by atoms with E-state index in [2.05, 4.69) is 20.6 Å². The Morgan fingerprint density at radius 1 is 0.791 bits per heavy atom. The highest BCUT2D eigenvalue weighted by Crippen LogP contribution is 2.23. The number of phenolic OH excluding ortho intramolecular Hbond substituents is 2. The topological polar surface area (TPSA) is 196 Å². The van der Waals surface area contributed by atoms with Gasteiger partial charge in [-0.25, -0.2) is 0 Å². The largest absolute Gasteiger partial charge is 0.508 e. The molecule has 1 aromatic heterocycles. The van der Waals surface area contributed by atoms with E-state index in [4.69, 9.17) is 11.5 Å². The van der Waals surface area contributed by atoms with E-state index >= 15 is 0 Å². The van der Waals surface area contributed by atoms with E-state index in [1.54, 1.807) is 31.2 Å². The molecule has 0 aliphatic rings. The standard InChI is InChI=1S/C31H42N6O5.ClH/c1-16-10-21(38)11-17(2)23(16)14-25(32)29(40)34-8-6-27-20(5)36-28(31(42)37-27)7-9-35-30(41)26(33)15-24-18(3)12-22(39)13-19(24)4;/h10-13,25-26,38-39H,6-9,14-15,32-33H2,1-5H3,(H,34,40)(H,35,41)(H,37,42);1H. The van der Waals surface area contributed by atoms with E-state index in [-0.39, 0.29) is 60.8 Å². The molecule has 1 heterocycles. The quantitative estimate of drug-likeness (QED) is 0.160. The maximum atomic E-state index is 12.6. The maximum absolute atomic E-state index is 12.6. The average Bonchev–Trinajstić information content (AvgIpc) is 2.90. The molecule has 0 aliphatic heterocycles. The molecule has 0 saturated heterocycles. The molecule has 2 aromatic carbocycles. The van der Waals surface area contributed by atoms with Crippen molar-refractivity contribution in [3.8, 4) is 11.5 Å². The van der Waals surface area contributed by atoms with E-state index in [1.165, 1.54) is 0 Å². The molecule has 0 radical (unpaired) electrons. The number of carbonyl (C=O) groups is 2. The van der Waals surface area contributed by atoms with Crippen molar-refractivity contribution in [3.63, 3.8) is 0 Å². The number of halogens is 1. The van der Waals surface area contributed by atoms with Crippen molar-refractivity contribution in [3.05, 3.63) is 85.1 Å². The first-order chi connectivity index (χ1) is 19.8. The minimum absolute atomic E-state index is 0. The van der Waals surface area contributed by atoms with Crippen LogP contribution in [0.2, 0.25) is 0 Å². The lowest BCUT2D eigenvalue weighted by molar-refractivity contribution is -0.123. The molecular formula is C31H43ClN6O5. The number of benzene rings is 2. The van der Waals surface area contributed by atoms with Gasteiger partial charge in [0.15, 0.2) is 0 Å². The minimum atomic E-state index is -0.778. The third kappa shape index (κ3) is 9.54. The van der Waals surface area contributed by atoms with Gasteiger partial charge in [-0.05, 0) is 105 Å². The number of aryl methyl sites for hydroxylation is 5. The summed E-state index contributed by atoms with van der Waals surface area (Å²) in [6.45, 7) is 9.70. The predicted octanol–water partition coefficient (Wildman–Crippen LogP) is 1.60. The van der Waals surface area contributed by atoms with Crippen molar-refractivity contribution in [2.24, 2.45) is 11.5 Å². The molecule has 0 fully saturated rings. The third-order valence-corrected chi connectivity index (χ3v) is 7.48. The summed E-state index contributed by atoms with van der Waals surface area (Å²) in [7, 11) is 0.